The predicted octanol–water partition coefficient (Wildman–Crippen LogP) is 3.78. The largest absolute Gasteiger partial charge is 0.450 e. The number of carbonyl (C=O) groups is 1. The lowest BCUT2D eigenvalue weighted by molar-refractivity contribution is 0.0944. The summed E-state index contributed by atoms with van der Waals surface area (Å²) >= 11 is 5.25. The van der Waals surface area contributed by atoms with E-state index in [1.54, 1.807) is 16.2 Å². The first kappa shape index (κ1) is 15.8. The minimum absolute atomic E-state index is 0.179. The normalized spacial score (nSPS) is 18.1. The van der Waals surface area contributed by atoms with Crippen molar-refractivity contribution in [2.24, 2.45) is 0 Å². The average molecular weight is 361 g/mol. The Bertz CT molecular complexity index is 444. The van der Waals surface area contributed by atoms with Gasteiger partial charge in [0.1, 0.15) is 0 Å². The van der Waals surface area contributed by atoms with Crippen LogP contribution in [0.3, 0.4) is 0 Å². The molecular formula is C14H21BrN2O2S. The fourth-order valence-corrected chi connectivity index (χ4v) is 3.90. The Morgan fingerprint density at radius 2 is 2.30 bits per heavy atom. The maximum absolute atomic E-state index is 11.6. The third kappa shape index (κ3) is 4.20. The topological polar surface area (TPSA) is 41.6 Å². The number of nitrogens with one attached hydrogen (secondary N) is 1. The van der Waals surface area contributed by atoms with Gasteiger partial charge in [-0.05, 0) is 48.7 Å². The van der Waals surface area contributed by atoms with Gasteiger partial charge in [0.15, 0.2) is 0 Å². The summed E-state index contributed by atoms with van der Waals surface area (Å²) in [5.74, 6) is 0. The first-order chi connectivity index (χ1) is 9.60. The SMILES string of the molecule is CCOC(=O)N1CCC(NC(C)c2cc(Br)cs2)CC1. The van der Waals surface area contributed by atoms with Gasteiger partial charge in [-0.1, -0.05) is 0 Å². The third-order valence-electron chi connectivity index (χ3n) is 3.52. The van der Waals surface area contributed by atoms with Crippen LogP contribution in [0.1, 0.15) is 37.6 Å². The molecule has 20 heavy (non-hydrogen) atoms. The molecule has 0 aliphatic carbocycles. The second-order valence-corrected chi connectivity index (χ2v) is 6.87. The molecule has 0 radical (unpaired) electrons. The Labute approximate surface area is 132 Å². The van der Waals surface area contributed by atoms with E-state index in [0.717, 1.165) is 30.4 Å². The summed E-state index contributed by atoms with van der Waals surface area (Å²) in [5.41, 5.74) is 0. The first-order valence-electron chi connectivity index (χ1n) is 7.01. The molecule has 1 aliphatic heterocycles. The van der Waals surface area contributed by atoms with Crippen LogP contribution in [0.15, 0.2) is 15.9 Å². The Kier molecular flexibility index (Phi) is 5.86. The van der Waals surface area contributed by atoms with E-state index in [1.807, 2.05) is 6.92 Å². The molecule has 0 aromatic carbocycles. The number of nitrogens with zero attached hydrogens (tertiary/aromatic N) is 1. The van der Waals surface area contributed by atoms with Gasteiger partial charge in [-0.25, -0.2) is 4.79 Å². The molecule has 2 heterocycles. The first-order valence-corrected chi connectivity index (χ1v) is 8.69. The van der Waals surface area contributed by atoms with E-state index in [2.05, 4.69) is 39.6 Å². The van der Waals surface area contributed by atoms with Gasteiger partial charge in [-0.2, -0.15) is 0 Å². The number of carbonyl (C=O) groups excluding carboxylic acids is 1. The molecule has 0 bridgehead atoms. The Morgan fingerprint density at radius 1 is 1.60 bits per heavy atom. The number of hydrogen-bond donors (Lipinski definition) is 1. The second kappa shape index (κ2) is 7.43. The van der Waals surface area contributed by atoms with E-state index in [1.165, 1.54) is 4.88 Å². The number of hydrogen-bond acceptors (Lipinski definition) is 4. The molecule has 2 rings (SSSR count). The lowest BCUT2D eigenvalue weighted by atomic mass is 10.0. The molecule has 1 fully saturated rings. The average Bonchev–Trinajstić information content (AvgIpc) is 2.86. The van der Waals surface area contributed by atoms with Crippen molar-refractivity contribution in [3.8, 4) is 0 Å². The Balaban J connectivity index is 1.78. The summed E-state index contributed by atoms with van der Waals surface area (Å²) in [5, 5.41) is 5.76. The monoisotopic (exact) mass is 360 g/mol. The van der Waals surface area contributed by atoms with Gasteiger partial charge < -0.3 is 15.0 Å². The summed E-state index contributed by atoms with van der Waals surface area (Å²) in [7, 11) is 0. The zero-order valence-electron chi connectivity index (χ0n) is 11.9. The number of ether oxygens (including phenoxy) is 1. The fourth-order valence-electron chi connectivity index (χ4n) is 2.43. The molecule has 0 spiro atoms. The standard InChI is InChI=1S/C14H21BrN2O2S/c1-3-19-14(18)17-6-4-12(5-7-17)16-10(2)13-8-11(15)9-20-13/h8-10,12,16H,3-7H2,1-2H3. The fraction of sp³-hybridized carbons (Fsp3) is 0.643. The van der Waals surface area contributed by atoms with Crippen molar-refractivity contribution in [1.82, 2.24) is 10.2 Å². The number of thiophene rings is 1. The van der Waals surface area contributed by atoms with Crippen LogP contribution in [-0.4, -0.2) is 36.7 Å². The minimum Gasteiger partial charge on any atom is -0.450 e. The lowest BCUT2D eigenvalue weighted by Crippen LogP contribution is -2.45. The predicted molar refractivity (Wildman–Crippen MR) is 85.2 cm³/mol. The molecule has 1 aromatic rings. The van der Waals surface area contributed by atoms with E-state index >= 15 is 0 Å². The van der Waals surface area contributed by atoms with E-state index in [0.29, 0.717) is 18.7 Å². The molecule has 0 saturated carbocycles. The van der Waals surface area contributed by atoms with E-state index in [9.17, 15) is 4.79 Å². The van der Waals surface area contributed by atoms with Crippen LogP contribution in [0, 0.1) is 0 Å². The van der Waals surface area contributed by atoms with Gasteiger partial charge in [0.05, 0.1) is 6.61 Å². The minimum atomic E-state index is -0.179. The Morgan fingerprint density at radius 3 is 2.85 bits per heavy atom. The second-order valence-electron chi connectivity index (χ2n) is 5.02. The molecule has 6 heteroatoms. The van der Waals surface area contributed by atoms with Crippen molar-refractivity contribution in [2.75, 3.05) is 19.7 Å². The highest BCUT2D eigenvalue weighted by Crippen LogP contribution is 2.26. The van der Waals surface area contributed by atoms with Crippen molar-refractivity contribution in [1.29, 1.82) is 0 Å². The van der Waals surface area contributed by atoms with Gasteiger partial charge in [-0.3, -0.25) is 0 Å². The van der Waals surface area contributed by atoms with Crippen molar-refractivity contribution in [2.45, 2.75) is 38.8 Å². The van der Waals surface area contributed by atoms with Crippen molar-refractivity contribution < 1.29 is 9.53 Å². The van der Waals surface area contributed by atoms with Crippen LogP contribution in [0.2, 0.25) is 0 Å². The summed E-state index contributed by atoms with van der Waals surface area (Å²) < 4.78 is 6.17. The van der Waals surface area contributed by atoms with Gasteiger partial charge in [-0.15, -0.1) is 11.3 Å². The van der Waals surface area contributed by atoms with Crippen molar-refractivity contribution in [3.05, 3.63) is 20.8 Å². The van der Waals surface area contributed by atoms with Gasteiger partial charge >= 0.3 is 6.09 Å². The lowest BCUT2D eigenvalue weighted by Gasteiger charge is -2.33. The molecule has 1 aromatic heterocycles. The van der Waals surface area contributed by atoms with Gasteiger partial charge in [0, 0.05) is 39.9 Å². The van der Waals surface area contributed by atoms with Crippen LogP contribution in [0.4, 0.5) is 4.79 Å². The highest BCUT2D eigenvalue weighted by Gasteiger charge is 2.24. The molecule has 1 N–H and O–H groups in total. The van der Waals surface area contributed by atoms with E-state index < -0.39 is 0 Å². The number of likely N-dealkylation sites (tertiary alicyclic amines) is 1. The van der Waals surface area contributed by atoms with Crippen molar-refractivity contribution in [3.63, 3.8) is 0 Å². The van der Waals surface area contributed by atoms with Crippen LogP contribution >= 0.6 is 27.3 Å². The summed E-state index contributed by atoms with van der Waals surface area (Å²) in [6.07, 6.45) is 1.78. The highest BCUT2D eigenvalue weighted by atomic mass is 79.9. The molecule has 1 unspecified atom stereocenters. The zero-order valence-corrected chi connectivity index (χ0v) is 14.3. The molecule has 1 saturated heterocycles. The molecule has 1 amide bonds. The van der Waals surface area contributed by atoms with E-state index in [4.69, 9.17) is 4.74 Å². The number of rotatable bonds is 4. The van der Waals surface area contributed by atoms with Crippen LogP contribution < -0.4 is 5.32 Å². The van der Waals surface area contributed by atoms with Crippen molar-refractivity contribution >= 4 is 33.4 Å². The third-order valence-corrected chi connectivity index (χ3v) is 5.40. The number of amides is 1. The molecule has 112 valence electrons. The maximum atomic E-state index is 11.6. The molecular weight excluding hydrogens is 340 g/mol. The molecule has 1 atom stereocenters. The molecule has 1 aliphatic rings. The quantitative estimate of drug-likeness (QED) is 0.887. The summed E-state index contributed by atoms with van der Waals surface area (Å²) in [6.45, 7) is 6.03. The Hall–Kier alpha value is -0.590. The van der Waals surface area contributed by atoms with Crippen LogP contribution in [0.25, 0.3) is 0 Å². The maximum Gasteiger partial charge on any atom is 0.409 e. The number of halogens is 1. The van der Waals surface area contributed by atoms with Gasteiger partial charge in [0.25, 0.3) is 0 Å². The summed E-state index contributed by atoms with van der Waals surface area (Å²) in [6, 6.07) is 2.98. The van der Waals surface area contributed by atoms with Crippen LogP contribution in [0.5, 0.6) is 0 Å². The zero-order chi connectivity index (χ0) is 14.5. The van der Waals surface area contributed by atoms with E-state index in [-0.39, 0.29) is 6.09 Å². The van der Waals surface area contributed by atoms with Gasteiger partial charge in [0.2, 0.25) is 0 Å². The molecule has 4 nitrogen and oxygen atoms in total. The number of piperidine rings is 1. The smallest absolute Gasteiger partial charge is 0.409 e. The highest BCUT2D eigenvalue weighted by molar-refractivity contribution is 9.10. The summed E-state index contributed by atoms with van der Waals surface area (Å²) in [4.78, 5) is 14.8. The van der Waals surface area contributed by atoms with Crippen LogP contribution in [-0.2, 0) is 4.74 Å².